The van der Waals surface area contributed by atoms with E-state index < -0.39 is 29.4 Å². The van der Waals surface area contributed by atoms with Gasteiger partial charge in [-0.25, -0.2) is 4.79 Å². The topological polar surface area (TPSA) is 158 Å². The fourth-order valence-electron chi connectivity index (χ4n) is 11.0. The van der Waals surface area contributed by atoms with E-state index in [9.17, 15) is 19.8 Å². The summed E-state index contributed by atoms with van der Waals surface area (Å²) in [6.45, 7) is 13.5. The third kappa shape index (κ3) is 13.4. The van der Waals surface area contributed by atoms with Gasteiger partial charge in [-0.3, -0.25) is 4.79 Å². The number of fused-ring (bicyclic) bond motifs is 3. The number of hydrogen-bond donors (Lipinski definition) is 3. The molecule has 2 heterocycles. The summed E-state index contributed by atoms with van der Waals surface area (Å²) in [7, 11) is 0. The molecule has 13 heteroatoms. The number of allylic oxidation sites excluding steroid dienone is 1. The van der Waals surface area contributed by atoms with Crippen molar-refractivity contribution in [2.75, 3.05) is 33.2 Å². The van der Waals surface area contributed by atoms with Gasteiger partial charge in [-0.1, -0.05) is 101 Å². The lowest BCUT2D eigenvalue weighted by Crippen LogP contribution is -2.70. The summed E-state index contributed by atoms with van der Waals surface area (Å²) in [6, 6.07) is 10.8. The van der Waals surface area contributed by atoms with E-state index in [1.165, 1.54) is 44.9 Å². The highest BCUT2D eigenvalue weighted by atomic mass is 16.7. The summed E-state index contributed by atoms with van der Waals surface area (Å²) in [5.41, 5.74) is 2.84. The molecule has 0 radical (unpaired) electrons. The third-order valence-electron chi connectivity index (χ3n) is 14.5. The van der Waals surface area contributed by atoms with Crippen LogP contribution < -0.4 is 24.3 Å². The number of benzene rings is 2. The van der Waals surface area contributed by atoms with Gasteiger partial charge in [0.05, 0.1) is 18.2 Å². The third-order valence-corrected chi connectivity index (χ3v) is 14.5. The molecule has 6 atom stereocenters. The molecule has 380 valence electrons. The molecule has 3 N–H and O–H groups in total. The number of aliphatic hydroxyl groups is 2. The predicted molar refractivity (Wildman–Crippen MR) is 268 cm³/mol. The van der Waals surface area contributed by atoms with E-state index in [1.807, 2.05) is 56.0 Å². The number of nitrogens with zero attached hydrogens (tertiary/aromatic N) is 2. The highest BCUT2D eigenvalue weighted by Gasteiger charge is 2.66. The molecule has 2 saturated carbocycles. The minimum atomic E-state index is -1.42. The summed E-state index contributed by atoms with van der Waals surface area (Å²) in [5, 5.41) is 28.0. The maximum atomic E-state index is 15.0. The monoisotopic (exact) mass is 956 g/mol. The first-order valence-electron chi connectivity index (χ1n) is 26.4. The van der Waals surface area contributed by atoms with Crippen molar-refractivity contribution in [1.29, 1.82) is 0 Å². The molecule has 2 amide bonds. The molecule has 6 unspecified atom stereocenters. The smallest absolute Gasteiger partial charge is 0.412 e. The number of carbonyl (C=O) groups excluding carboxylic acids is 2. The molecule has 2 aromatic carbocycles. The van der Waals surface area contributed by atoms with Crippen LogP contribution in [-0.4, -0.2) is 83.4 Å². The molecule has 7 rings (SSSR count). The van der Waals surface area contributed by atoms with Crippen LogP contribution in [0.2, 0.25) is 0 Å². The normalized spacial score (nSPS) is 23.9. The Morgan fingerprint density at radius 2 is 1.58 bits per heavy atom. The molecule has 0 bridgehead atoms. The van der Waals surface area contributed by atoms with E-state index in [0.717, 1.165) is 80.2 Å². The van der Waals surface area contributed by atoms with Gasteiger partial charge in [0.15, 0.2) is 11.5 Å². The van der Waals surface area contributed by atoms with Crippen LogP contribution in [0.5, 0.6) is 23.0 Å². The molecule has 2 aromatic rings. The summed E-state index contributed by atoms with van der Waals surface area (Å²) < 4.78 is 32.2. The van der Waals surface area contributed by atoms with Crippen molar-refractivity contribution >= 4 is 17.7 Å². The summed E-state index contributed by atoms with van der Waals surface area (Å²) in [6.07, 6.45) is 22.1. The molecule has 2 aliphatic heterocycles. The summed E-state index contributed by atoms with van der Waals surface area (Å²) >= 11 is 0. The Hall–Kier alpha value is -4.59. The van der Waals surface area contributed by atoms with Gasteiger partial charge in [0.2, 0.25) is 18.5 Å². The Morgan fingerprint density at radius 1 is 0.884 bits per heavy atom. The molecule has 69 heavy (non-hydrogen) atoms. The highest BCUT2D eigenvalue weighted by molar-refractivity contribution is 6.03. The van der Waals surface area contributed by atoms with Crippen molar-refractivity contribution in [3.05, 3.63) is 71.8 Å². The largest absolute Gasteiger partial charge is 0.459 e. The Balaban J connectivity index is 1.27. The first-order chi connectivity index (χ1) is 33.5. The zero-order chi connectivity index (χ0) is 48.8. The number of ether oxygens (including phenoxy) is 5. The van der Waals surface area contributed by atoms with Gasteiger partial charge in [-0.05, 0) is 119 Å². The quantitative estimate of drug-likeness (QED) is 0.0426. The van der Waals surface area contributed by atoms with E-state index in [1.54, 1.807) is 12.1 Å². The molecule has 2 fully saturated rings. The van der Waals surface area contributed by atoms with Gasteiger partial charge < -0.3 is 49.0 Å². The van der Waals surface area contributed by atoms with Crippen LogP contribution in [0.15, 0.2) is 65.9 Å². The summed E-state index contributed by atoms with van der Waals surface area (Å²) in [5.74, 6) is 0.0982. The number of hydrogen-bond acceptors (Lipinski definition) is 11. The molecule has 0 spiro atoms. The van der Waals surface area contributed by atoms with Crippen LogP contribution in [0.4, 0.5) is 4.79 Å². The van der Waals surface area contributed by atoms with Gasteiger partial charge in [-0.15, -0.1) is 6.58 Å². The number of oxime groups is 1. The maximum Gasteiger partial charge on any atom is 0.412 e. The maximum absolute atomic E-state index is 15.0. The minimum Gasteiger partial charge on any atom is -0.459 e. The lowest BCUT2D eigenvalue weighted by Gasteiger charge is -2.60. The fraction of sp³-hybridized carbons (Fsp3) is 0.661. The van der Waals surface area contributed by atoms with Crippen molar-refractivity contribution in [2.45, 2.75) is 180 Å². The molecule has 5 aliphatic rings. The highest BCUT2D eigenvalue weighted by Crippen LogP contribution is 2.62. The zero-order valence-electron chi connectivity index (χ0n) is 42.0. The van der Waals surface area contributed by atoms with Gasteiger partial charge in [0.25, 0.3) is 0 Å². The summed E-state index contributed by atoms with van der Waals surface area (Å²) in [4.78, 5) is 36.7. The molecular weight excluding hydrogens is 875 g/mol. The van der Waals surface area contributed by atoms with Crippen LogP contribution in [0.25, 0.3) is 0 Å². The number of rotatable bonds is 28. The van der Waals surface area contributed by atoms with Crippen LogP contribution in [0, 0.1) is 23.7 Å². The second-order valence-corrected chi connectivity index (χ2v) is 20.9. The van der Waals surface area contributed by atoms with Crippen LogP contribution >= 0.6 is 0 Å². The molecular formula is C56H81N3O10. The molecule has 0 saturated heterocycles. The Labute approximate surface area is 411 Å². The second-order valence-electron chi connectivity index (χ2n) is 20.9. The van der Waals surface area contributed by atoms with E-state index in [0.29, 0.717) is 48.8 Å². The standard InChI is InChI=1S/C56H81N3O10/c1-6-8-9-10-11-12-13-14-15-18-29-57-54(63)67-42-26-28-47-45(35-42)51-43(22-17-20-31-61)41(21-16-19-30-60)34-44-46(58-69-55(3,4)5)36-50(56(68-47,52(44)51)66-32-7-2)59(53(62)40-24-25-40)37-39-23-27-48-49(33-39)65-38-64-48/h7,23,26-28,33-35,40-41,43,50-52,60-61H,2,6,8-22,24-25,29-32,36-38H2,1,3-5H3,(H,57,63). The van der Waals surface area contributed by atoms with Crippen molar-refractivity contribution in [1.82, 2.24) is 10.2 Å². The Bertz CT molecular complexity index is 2080. The Kier molecular flexibility index (Phi) is 18.9. The lowest BCUT2D eigenvalue weighted by molar-refractivity contribution is -0.258. The second kappa shape index (κ2) is 25.0. The first kappa shape index (κ1) is 52.2. The predicted octanol–water partition coefficient (Wildman–Crippen LogP) is 11.3. The fourth-order valence-corrected chi connectivity index (χ4v) is 11.0. The number of amides is 2. The average molecular weight is 956 g/mol. The van der Waals surface area contributed by atoms with Crippen LogP contribution in [0.3, 0.4) is 0 Å². The van der Waals surface area contributed by atoms with E-state index in [-0.39, 0.29) is 62.7 Å². The molecule has 0 aromatic heterocycles. The van der Waals surface area contributed by atoms with Gasteiger partial charge in [-0.2, -0.15) is 0 Å². The van der Waals surface area contributed by atoms with Gasteiger partial charge in [0, 0.05) is 50.1 Å². The van der Waals surface area contributed by atoms with Crippen molar-refractivity contribution < 1.29 is 48.3 Å². The van der Waals surface area contributed by atoms with E-state index >= 15 is 0 Å². The zero-order valence-corrected chi connectivity index (χ0v) is 42.0. The van der Waals surface area contributed by atoms with E-state index in [4.69, 9.17) is 33.7 Å². The van der Waals surface area contributed by atoms with Crippen molar-refractivity contribution in [3.8, 4) is 23.0 Å². The van der Waals surface area contributed by atoms with E-state index in [2.05, 4.69) is 24.9 Å². The van der Waals surface area contributed by atoms with Crippen molar-refractivity contribution in [2.24, 2.45) is 28.8 Å². The first-order valence-corrected chi connectivity index (χ1v) is 26.4. The number of unbranched alkanes of at least 4 members (excludes halogenated alkanes) is 11. The number of carbonyl (C=O) groups is 2. The van der Waals surface area contributed by atoms with Crippen LogP contribution in [0.1, 0.15) is 167 Å². The van der Waals surface area contributed by atoms with Crippen LogP contribution in [-0.2, 0) is 20.9 Å². The molecule has 13 nitrogen and oxygen atoms in total. The number of nitrogens with one attached hydrogen (secondary N) is 1. The molecule has 3 aliphatic carbocycles. The number of aliphatic hydroxyl groups excluding tert-OH is 2. The van der Waals surface area contributed by atoms with Gasteiger partial charge in [0.1, 0.15) is 23.1 Å². The van der Waals surface area contributed by atoms with Crippen molar-refractivity contribution in [3.63, 3.8) is 0 Å². The lowest BCUT2D eigenvalue weighted by atomic mass is 9.55. The Morgan fingerprint density at radius 3 is 2.28 bits per heavy atom. The SMILES string of the molecule is C=CCOC12Oc3ccc(OC(=O)NCCCCCCCCCCCC)cc3C3C(CCCCO)C(CCCCO)C=C(C(=NOC(C)(C)C)CC1N(Cc1ccc4c(c1)OCO4)C(=O)C1CC1)C32. The average Bonchev–Trinajstić information content (AvgIpc) is 4.08. The van der Waals surface area contributed by atoms with Gasteiger partial charge >= 0.3 is 6.09 Å². The minimum absolute atomic E-state index is 0.0174.